The van der Waals surface area contributed by atoms with Crippen molar-refractivity contribution in [2.24, 2.45) is 28.7 Å². The molecule has 0 rings (SSSR count). The topological polar surface area (TPSA) is 130 Å². The van der Waals surface area contributed by atoms with E-state index in [4.69, 9.17) is 28.7 Å². The highest BCUT2D eigenvalue weighted by atomic mass is 32.1. The average Bonchev–Trinajstić information content (AvgIpc) is 2.22. The fraction of sp³-hybridized carbons (Fsp3) is 0.900. The van der Waals surface area contributed by atoms with Gasteiger partial charge in [0.1, 0.15) is 0 Å². The molecule has 0 heterocycles. The Morgan fingerprint density at radius 3 is 0.750 bits per heavy atom. The fourth-order valence-electron chi connectivity index (χ4n) is 0. The highest BCUT2D eigenvalue weighted by molar-refractivity contribution is 7.79. The van der Waals surface area contributed by atoms with E-state index in [0.717, 1.165) is 26.2 Å². The summed E-state index contributed by atoms with van der Waals surface area (Å²) in [4.78, 5) is 0. The van der Waals surface area contributed by atoms with Crippen molar-refractivity contribution in [3.63, 3.8) is 0 Å². The minimum atomic E-state index is 0.509. The van der Waals surface area contributed by atoms with Crippen molar-refractivity contribution in [2.75, 3.05) is 32.7 Å². The Labute approximate surface area is 107 Å². The van der Waals surface area contributed by atoms with Gasteiger partial charge in [-0.25, -0.2) is 0 Å². The normalized spacial score (nSPS) is 6.06. The molecule has 0 aliphatic rings. The van der Waals surface area contributed by atoms with E-state index in [0.29, 0.717) is 6.54 Å². The standard InChI is InChI=1S/C2H5NS.4C2H7N/c3-1-2-4;4*1-2-3/h2H,1,3H2;4*2-3H2,1H3. The molecule has 104 valence electrons. The van der Waals surface area contributed by atoms with Crippen molar-refractivity contribution in [1.29, 1.82) is 0 Å². The Kier molecular flexibility index (Phi) is 154. The van der Waals surface area contributed by atoms with Crippen molar-refractivity contribution in [2.45, 2.75) is 27.7 Å². The monoisotopic (exact) mass is 255 g/mol. The molecule has 0 aliphatic carbocycles. The highest BCUT2D eigenvalue weighted by Crippen LogP contribution is 1.34. The molecule has 6 heteroatoms. The molecular weight excluding hydrogens is 222 g/mol. The summed E-state index contributed by atoms with van der Waals surface area (Å²) in [6.07, 6.45) is 0. The maximum absolute atomic E-state index is 4.87. The second kappa shape index (κ2) is 82.8. The van der Waals surface area contributed by atoms with Gasteiger partial charge in [-0.1, -0.05) is 39.9 Å². The minimum Gasteiger partial charge on any atom is -0.331 e. The summed E-state index contributed by atoms with van der Waals surface area (Å²) >= 11 is 4.30. The van der Waals surface area contributed by atoms with Crippen LogP contribution in [-0.2, 0) is 0 Å². The van der Waals surface area contributed by atoms with E-state index < -0.39 is 0 Å². The lowest BCUT2D eigenvalue weighted by Gasteiger charge is -1.58. The van der Waals surface area contributed by atoms with Crippen LogP contribution in [0.3, 0.4) is 0 Å². The summed E-state index contributed by atoms with van der Waals surface area (Å²) in [7, 11) is 0. The van der Waals surface area contributed by atoms with E-state index >= 15 is 0 Å². The second-order valence-electron chi connectivity index (χ2n) is 2.04. The molecule has 0 fully saturated rings. The van der Waals surface area contributed by atoms with Gasteiger partial charge in [0.05, 0.1) is 0 Å². The lowest BCUT2D eigenvalue weighted by atomic mass is 10.8. The first-order valence-electron chi connectivity index (χ1n) is 5.51. The van der Waals surface area contributed by atoms with Crippen LogP contribution in [0.25, 0.3) is 0 Å². The Balaban J connectivity index is -0.0000000317. The smallest absolute Gasteiger partial charge is 0.0211 e. The van der Waals surface area contributed by atoms with Crippen molar-refractivity contribution in [3.8, 4) is 0 Å². The summed E-state index contributed by atoms with van der Waals surface area (Å²) < 4.78 is 0. The van der Waals surface area contributed by atoms with Gasteiger partial charge in [-0.3, -0.25) is 0 Å². The van der Waals surface area contributed by atoms with Crippen molar-refractivity contribution >= 4 is 17.6 Å². The Hall–Kier alpha value is -0.110. The average molecular weight is 255 g/mol. The van der Waals surface area contributed by atoms with Crippen molar-refractivity contribution < 1.29 is 0 Å². The van der Waals surface area contributed by atoms with Gasteiger partial charge < -0.3 is 28.7 Å². The van der Waals surface area contributed by atoms with Gasteiger partial charge in [0.25, 0.3) is 0 Å². The molecule has 0 aromatic rings. The molecule has 0 bridgehead atoms. The molecule has 10 N–H and O–H groups in total. The molecule has 16 heavy (non-hydrogen) atoms. The van der Waals surface area contributed by atoms with E-state index in [1.54, 1.807) is 0 Å². The minimum absolute atomic E-state index is 0.509. The second-order valence-corrected chi connectivity index (χ2v) is 2.37. The predicted molar refractivity (Wildman–Crippen MR) is 81.6 cm³/mol. The van der Waals surface area contributed by atoms with Crippen LogP contribution >= 0.6 is 12.2 Å². The molecular formula is C10H33N5S. The van der Waals surface area contributed by atoms with Gasteiger partial charge in [0.15, 0.2) is 0 Å². The summed E-state index contributed by atoms with van der Waals surface area (Å²) in [5.74, 6) is 0. The van der Waals surface area contributed by atoms with Gasteiger partial charge in [0, 0.05) is 6.54 Å². The fourth-order valence-corrected chi connectivity index (χ4v) is 0. The lowest BCUT2D eigenvalue weighted by Crippen LogP contribution is -1.95. The summed E-state index contributed by atoms with van der Waals surface area (Å²) in [6, 6.07) is 0. The Bertz CT molecular complexity index is 57.2. The van der Waals surface area contributed by atoms with Crippen LogP contribution < -0.4 is 28.7 Å². The lowest BCUT2D eigenvalue weighted by molar-refractivity contribution is 1.14. The molecule has 0 saturated carbocycles. The number of rotatable bonds is 1. The number of hydrogen-bond acceptors (Lipinski definition) is 6. The third kappa shape index (κ3) is 2910. The Morgan fingerprint density at radius 1 is 0.688 bits per heavy atom. The van der Waals surface area contributed by atoms with E-state index in [1.807, 2.05) is 27.7 Å². The zero-order valence-corrected chi connectivity index (χ0v) is 12.2. The molecule has 0 aromatic carbocycles. The maximum atomic E-state index is 4.87. The number of nitrogens with two attached hydrogens (primary N) is 5. The highest BCUT2D eigenvalue weighted by Gasteiger charge is 1.46. The van der Waals surface area contributed by atoms with E-state index in [-0.39, 0.29) is 0 Å². The Morgan fingerprint density at radius 2 is 0.750 bits per heavy atom. The van der Waals surface area contributed by atoms with Crippen LogP contribution in [0.5, 0.6) is 0 Å². The van der Waals surface area contributed by atoms with Gasteiger partial charge in [-0.2, -0.15) is 0 Å². The SMILES string of the molecule is CCN.CCN.CCN.CCN.NCC=S. The van der Waals surface area contributed by atoms with Crippen molar-refractivity contribution in [3.05, 3.63) is 0 Å². The molecule has 0 unspecified atom stereocenters. The van der Waals surface area contributed by atoms with E-state index in [2.05, 4.69) is 12.2 Å². The molecule has 5 nitrogen and oxygen atoms in total. The van der Waals surface area contributed by atoms with Crippen LogP contribution in [0, 0.1) is 0 Å². The molecule has 0 aromatic heterocycles. The zero-order chi connectivity index (χ0) is 14.2. The maximum Gasteiger partial charge on any atom is 0.0211 e. The van der Waals surface area contributed by atoms with E-state index in [9.17, 15) is 0 Å². The van der Waals surface area contributed by atoms with E-state index in [1.165, 1.54) is 5.37 Å². The predicted octanol–water partition coefficient (Wildman–Crippen LogP) is -0.195. The third-order valence-corrected chi connectivity index (χ3v) is 0.289. The van der Waals surface area contributed by atoms with Crippen LogP contribution in [0.15, 0.2) is 0 Å². The van der Waals surface area contributed by atoms with Crippen molar-refractivity contribution in [1.82, 2.24) is 0 Å². The molecule has 0 atom stereocenters. The number of thiocarbonyl (C=S) groups is 1. The van der Waals surface area contributed by atoms with Crippen LogP contribution in [0.2, 0.25) is 0 Å². The summed E-state index contributed by atoms with van der Waals surface area (Å²) in [5.41, 5.74) is 24.3. The largest absolute Gasteiger partial charge is 0.331 e. The molecule has 0 radical (unpaired) electrons. The summed E-state index contributed by atoms with van der Waals surface area (Å²) in [5, 5.41) is 1.49. The first-order chi connectivity index (χ1) is 7.57. The van der Waals surface area contributed by atoms with Crippen LogP contribution in [0.1, 0.15) is 27.7 Å². The van der Waals surface area contributed by atoms with Crippen LogP contribution in [-0.4, -0.2) is 38.1 Å². The quantitative estimate of drug-likeness (QED) is 0.413. The van der Waals surface area contributed by atoms with Gasteiger partial charge in [-0.05, 0) is 31.5 Å². The number of hydrogen-bond donors (Lipinski definition) is 5. The third-order valence-electron chi connectivity index (χ3n) is 0.0962. The molecule has 0 amide bonds. The van der Waals surface area contributed by atoms with Gasteiger partial charge in [-0.15, -0.1) is 0 Å². The first-order valence-corrected chi connectivity index (χ1v) is 5.99. The van der Waals surface area contributed by atoms with Gasteiger partial charge >= 0.3 is 0 Å². The molecule has 0 aliphatic heterocycles. The van der Waals surface area contributed by atoms with Crippen LogP contribution in [0.4, 0.5) is 0 Å². The first kappa shape index (κ1) is 29.7. The van der Waals surface area contributed by atoms with Gasteiger partial charge in [0.2, 0.25) is 0 Å². The summed E-state index contributed by atoms with van der Waals surface area (Å²) in [6.45, 7) is 11.1. The zero-order valence-electron chi connectivity index (χ0n) is 11.4. The molecule has 0 saturated heterocycles. The molecule has 0 spiro atoms.